The number of rotatable bonds is 7. The standard InChI is InChI=1S/C12H23N3O2/c1-3-4-7-15(8-10(13)16)11(17)12(2,14)9-5-6-9/h9H,3-8,14H2,1-2H3,(H2,13,16). The summed E-state index contributed by atoms with van der Waals surface area (Å²) in [5.41, 5.74) is 10.4. The van der Waals surface area contributed by atoms with E-state index in [-0.39, 0.29) is 18.4 Å². The topological polar surface area (TPSA) is 89.4 Å². The Kier molecular flexibility index (Phi) is 4.51. The van der Waals surface area contributed by atoms with Crippen LogP contribution in [0.3, 0.4) is 0 Å². The molecular weight excluding hydrogens is 218 g/mol. The van der Waals surface area contributed by atoms with Crippen molar-refractivity contribution in [2.45, 2.75) is 45.1 Å². The first kappa shape index (κ1) is 14.0. The first-order chi connectivity index (χ1) is 7.89. The van der Waals surface area contributed by atoms with Crippen LogP contribution in [0.15, 0.2) is 0 Å². The monoisotopic (exact) mass is 241 g/mol. The maximum Gasteiger partial charge on any atom is 0.243 e. The number of hydrogen-bond donors (Lipinski definition) is 2. The molecule has 0 aromatic carbocycles. The molecule has 1 rings (SSSR count). The van der Waals surface area contributed by atoms with Gasteiger partial charge in [0, 0.05) is 6.54 Å². The summed E-state index contributed by atoms with van der Waals surface area (Å²) >= 11 is 0. The zero-order valence-corrected chi connectivity index (χ0v) is 10.7. The zero-order valence-electron chi connectivity index (χ0n) is 10.7. The summed E-state index contributed by atoms with van der Waals surface area (Å²) in [4.78, 5) is 24.8. The van der Waals surface area contributed by atoms with Gasteiger partial charge in [0.1, 0.15) is 0 Å². The lowest BCUT2D eigenvalue weighted by Crippen LogP contribution is -2.56. The molecule has 0 aromatic rings. The fourth-order valence-corrected chi connectivity index (χ4v) is 1.99. The maximum absolute atomic E-state index is 12.3. The number of carbonyl (C=O) groups is 2. The molecule has 2 amide bonds. The Labute approximate surface area is 103 Å². The smallest absolute Gasteiger partial charge is 0.243 e. The molecule has 0 heterocycles. The summed E-state index contributed by atoms with van der Waals surface area (Å²) in [5, 5.41) is 0. The van der Waals surface area contributed by atoms with E-state index in [2.05, 4.69) is 0 Å². The van der Waals surface area contributed by atoms with Gasteiger partial charge in [0.2, 0.25) is 11.8 Å². The highest BCUT2D eigenvalue weighted by Gasteiger charge is 2.45. The summed E-state index contributed by atoms with van der Waals surface area (Å²) in [5.74, 6) is -0.375. The summed E-state index contributed by atoms with van der Waals surface area (Å²) in [7, 11) is 0. The first-order valence-corrected chi connectivity index (χ1v) is 6.26. The molecule has 0 saturated heterocycles. The Morgan fingerprint density at radius 2 is 2.00 bits per heavy atom. The SMILES string of the molecule is CCCCN(CC(N)=O)C(=O)C(C)(N)C1CC1. The van der Waals surface area contributed by atoms with Crippen molar-refractivity contribution in [2.75, 3.05) is 13.1 Å². The number of nitrogens with zero attached hydrogens (tertiary/aromatic N) is 1. The van der Waals surface area contributed by atoms with Crippen LogP contribution < -0.4 is 11.5 Å². The van der Waals surface area contributed by atoms with Crippen LogP contribution >= 0.6 is 0 Å². The van der Waals surface area contributed by atoms with E-state index in [1.165, 1.54) is 4.90 Å². The Morgan fingerprint density at radius 1 is 1.41 bits per heavy atom. The molecule has 98 valence electrons. The summed E-state index contributed by atoms with van der Waals surface area (Å²) in [6.07, 6.45) is 3.82. The van der Waals surface area contributed by atoms with Crippen LogP contribution in [0.25, 0.3) is 0 Å². The van der Waals surface area contributed by atoms with E-state index in [1.807, 2.05) is 6.92 Å². The van der Waals surface area contributed by atoms with Crippen LogP contribution in [0, 0.1) is 5.92 Å². The first-order valence-electron chi connectivity index (χ1n) is 6.26. The van der Waals surface area contributed by atoms with Crippen LogP contribution in [0.1, 0.15) is 39.5 Å². The van der Waals surface area contributed by atoms with Crippen LogP contribution in [0.2, 0.25) is 0 Å². The number of unbranched alkanes of at least 4 members (excludes halogenated alkanes) is 1. The predicted molar refractivity (Wildman–Crippen MR) is 66.0 cm³/mol. The maximum atomic E-state index is 12.3. The molecule has 17 heavy (non-hydrogen) atoms. The van der Waals surface area contributed by atoms with Gasteiger partial charge in [0.25, 0.3) is 0 Å². The van der Waals surface area contributed by atoms with Crippen LogP contribution in [-0.2, 0) is 9.59 Å². The van der Waals surface area contributed by atoms with Gasteiger partial charge in [-0.25, -0.2) is 0 Å². The number of nitrogens with two attached hydrogens (primary N) is 2. The van der Waals surface area contributed by atoms with E-state index in [0.717, 1.165) is 25.7 Å². The van der Waals surface area contributed by atoms with E-state index in [1.54, 1.807) is 6.92 Å². The van der Waals surface area contributed by atoms with Crippen molar-refractivity contribution in [1.82, 2.24) is 4.90 Å². The minimum atomic E-state index is -0.844. The molecule has 4 N–H and O–H groups in total. The second kappa shape index (κ2) is 5.49. The van der Waals surface area contributed by atoms with Crippen molar-refractivity contribution < 1.29 is 9.59 Å². The van der Waals surface area contributed by atoms with Crippen molar-refractivity contribution in [3.63, 3.8) is 0 Å². The Morgan fingerprint density at radius 3 is 2.41 bits per heavy atom. The molecule has 5 nitrogen and oxygen atoms in total. The molecule has 1 atom stereocenters. The highest BCUT2D eigenvalue weighted by Crippen LogP contribution is 2.38. The molecule has 0 spiro atoms. The number of hydrogen-bond acceptors (Lipinski definition) is 3. The summed E-state index contributed by atoms with van der Waals surface area (Å²) < 4.78 is 0. The van der Waals surface area contributed by atoms with Gasteiger partial charge in [-0.15, -0.1) is 0 Å². The van der Waals surface area contributed by atoms with Gasteiger partial charge in [-0.3, -0.25) is 9.59 Å². The Bertz CT molecular complexity index is 298. The van der Waals surface area contributed by atoms with Gasteiger partial charge in [0.15, 0.2) is 0 Å². The van der Waals surface area contributed by atoms with Gasteiger partial charge in [0.05, 0.1) is 12.1 Å². The van der Waals surface area contributed by atoms with Gasteiger partial charge in [-0.1, -0.05) is 13.3 Å². The molecule has 0 radical (unpaired) electrons. The minimum Gasteiger partial charge on any atom is -0.368 e. The average molecular weight is 241 g/mol. The molecule has 1 fully saturated rings. The molecule has 1 saturated carbocycles. The fourth-order valence-electron chi connectivity index (χ4n) is 1.99. The molecule has 1 unspecified atom stereocenters. The van der Waals surface area contributed by atoms with Gasteiger partial charge < -0.3 is 16.4 Å². The summed E-state index contributed by atoms with van der Waals surface area (Å²) in [6.45, 7) is 4.32. The van der Waals surface area contributed by atoms with Crippen molar-refractivity contribution >= 4 is 11.8 Å². The van der Waals surface area contributed by atoms with E-state index in [9.17, 15) is 9.59 Å². The molecule has 0 aromatic heterocycles. The van der Waals surface area contributed by atoms with Crippen molar-refractivity contribution in [3.8, 4) is 0 Å². The lowest BCUT2D eigenvalue weighted by atomic mass is 9.95. The predicted octanol–water partition coefficient (Wildman–Crippen LogP) is 0.228. The third kappa shape index (κ3) is 3.70. The quantitative estimate of drug-likeness (QED) is 0.668. The lowest BCUT2D eigenvalue weighted by molar-refractivity contribution is -0.140. The second-order valence-corrected chi connectivity index (χ2v) is 5.10. The number of primary amides is 1. The van der Waals surface area contributed by atoms with Crippen LogP contribution in [-0.4, -0.2) is 35.3 Å². The number of carbonyl (C=O) groups excluding carboxylic acids is 2. The largest absolute Gasteiger partial charge is 0.368 e. The second-order valence-electron chi connectivity index (χ2n) is 5.10. The van der Waals surface area contributed by atoms with Crippen molar-refractivity contribution in [3.05, 3.63) is 0 Å². The van der Waals surface area contributed by atoms with E-state index >= 15 is 0 Å². The van der Waals surface area contributed by atoms with Crippen LogP contribution in [0.5, 0.6) is 0 Å². The zero-order chi connectivity index (χ0) is 13.1. The molecule has 1 aliphatic carbocycles. The normalized spacial score (nSPS) is 18.5. The Balaban J connectivity index is 2.66. The fraction of sp³-hybridized carbons (Fsp3) is 0.833. The lowest BCUT2D eigenvalue weighted by Gasteiger charge is -2.31. The van der Waals surface area contributed by atoms with E-state index in [4.69, 9.17) is 11.5 Å². The summed E-state index contributed by atoms with van der Waals surface area (Å²) in [6, 6.07) is 0. The highest BCUT2D eigenvalue weighted by molar-refractivity contribution is 5.90. The Hall–Kier alpha value is -1.10. The molecule has 0 bridgehead atoms. The molecule has 5 heteroatoms. The average Bonchev–Trinajstić information content (AvgIpc) is 3.06. The number of amides is 2. The molecule has 0 aliphatic heterocycles. The minimum absolute atomic E-state index is 0.0294. The molecular formula is C12H23N3O2. The third-order valence-electron chi connectivity index (χ3n) is 3.30. The highest BCUT2D eigenvalue weighted by atomic mass is 16.2. The van der Waals surface area contributed by atoms with Crippen molar-refractivity contribution in [2.24, 2.45) is 17.4 Å². The van der Waals surface area contributed by atoms with E-state index in [0.29, 0.717) is 6.54 Å². The van der Waals surface area contributed by atoms with Gasteiger partial charge in [-0.2, -0.15) is 0 Å². The van der Waals surface area contributed by atoms with Crippen molar-refractivity contribution in [1.29, 1.82) is 0 Å². The third-order valence-corrected chi connectivity index (χ3v) is 3.30. The van der Waals surface area contributed by atoms with Gasteiger partial charge >= 0.3 is 0 Å². The van der Waals surface area contributed by atoms with Gasteiger partial charge in [-0.05, 0) is 32.1 Å². The molecule has 1 aliphatic rings. The van der Waals surface area contributed by atoms with E-state index < -0.39 is 11.4 Å². The van der Waals surface area contributed by atoms with Crippen LogP contribution in [0.4, 0.5) is 0 Å².